The summed E-state index contributed by atoms with van der Waals surface area (Å²) >= 11 is 0. The van der Waals surface area contributed by atoms with Crippen molar-refractivity contribution in [3.8, 4) is 11.5 Å². The number of rotatable bonds is 17. The van der Waals surface area contributed by atoms with Gasteiger partial charge in [0, 0.05) is 47.6 Å². The summed E-state index contributed by atoms with van der Waals surface area (Å²) in [5.74, 6) is 0.763. The molecule has 0 N–H and O–H groups in total. The molecule has 0 aliphatic rings. The van der Waals surface area contributed by atoms with Crippen LogP contribution in [0.15, 0.2) is 42.5 Å². The van der Waals surface area contributed by atoms with E-state index in [4.69, 9.17) is 28.4 Å². The Balaban J connectivity index is 2.03. The van der Waals surface area contributed by atoms with Gasteiger partial charge in [-0.3, -0.25) is 9.59 Å². The molecule has 0 radical (unpaired) electrons. The van der Waals surface area contributed by atoms with Gasteiger partial charge in [-0.25, -0.2) is 0 Å². The number of carbonyl (C=O) groups excluding carboxylic acids is 2. The third kappa shape index (κ3) is 8.32. The first-order valence-corrected chi connectivity index (χ1v) is 14.2. The normalized spacial score (nSPS) is 12.7. The minimum Gasteiger partial charge on any atom is -0.488 e. The molecule has 8 nitrogen and oxygen atoms in total. The Morgan fingerprint density at radius 2 is 1.10 bits per heavy atom. The van der Waals surface area contributed by atoms with Crippen LogP contribution in [-0.4, -0.2) is 63.8 Å². The molecule has 0 aromatic heterocycles. The molecule has 0 fully saturated rings. The lowest BCUT2D eigenvalue weighted by atomic mass is 9.98. The van der Waals surface area contributed by atoms with Crippen LogP contribution in [-0.2, 0) is 35.0 Å². The highest BCUT2D eigenvalue weighted by Crippen LogP contribution is 2.43. The fourth-order valence-electron chi connectivity index (χ4n) is 4.30. The van der Waals surface area contributed by atoms with Crippen molar-refractivity contribution in [3.05, 3.63) is 48.0 Å². The summed E-state index contributed by atoms with van der Waals surface area (Å²) in [6, 6.07) is 14.1. The number of esters is 2. The van der Waals surface area contributed by atoms with Crippen LogP contribution in [0, 0.1) is 0 Å². The maximum absolute atomic E-state index is 12.0. The lowest BCUT2D eigenvalue weighted by Gasteiger charge is -2.23. The van der Waals surface area contributed by atoms with Crippen molar-refractivity contribution in [1.82, 2.24) is 0 Å². The second-order valence-electron chi connectivity index (χ2n) is 9.31. The summed E-state index contributed by atoms with van der Waals surface area (Å²) in [5.41, 5.74) is 1.15. The van der Waals surface area contributed by atoms with Crippen molar-refractivity contribution in [2.45, 2.75) is 66.1 Å². The highest BCUT2D eigenvalue weighted by Gasteiger charge is 2.22. The average Bonchev–Trinajstić information content (AvgIpc) is 2.99. The lowest BCUT2D eigenvalue weighted by molar-refractivity contribution is -0.154. The zero-order valence-corrected chi connectivity index (χ0v) is 24.3. The van der Waals surface area contributed by atoms with Crippen LogP contribution in [0.2, 0.25) is 0 Å². The van der Waals surface area contributed by atoms with Crippen molar-refractivity contribution in [2.75, 3.05) is 39.6 Å². The number of ether oxygens (including phenoxy) is 6. The Morgan fingerprint density at radius 1 is 0.625 bits per heavy atom. The van der Waals surface area contributed by atoms with Crippen molar-refractivity contribution < 1.29 is 38.0 Å². The molecule has 8 heteroatoms. The van der Waals surface area contributed by atoms with E-state index in [0.717, 1.165) is 33.5 Å². The molecular weight excluding hydrogens is 512 g/mol. The molecule has 3 aromatic rings. The van der Waals surface area contributed by atoms with Gasteiger partial charge >= 0.3 is 11.9 Å². The zero-order valence-electron chi connectivity index (χ0n) is 24.3. The van der Waals surface area contributed by atoms with Gasteiger partial charge < -0.3 is 28.4 Å². The summed E-state index contributed by atoms with van der Waals surface area (Å²) in [5, 5.41) is 3.48. The van der Waals surface area contributed by atoms with Crippen LogP contribution in [0.4, 0.5) is 0 Å². The Bertz CT molecular complexity index is 1250. The second-order valence-corrected chi connectivity index (χ2v) is 9.31. The van der Waals surface area contributed by atoms with Crippen LogP contribution in [0.1, 0.15) is 53.0 Å². The molecule has 0 heterocycles. The molecule has 0 amide bonds. The molecule has 0 bridgehead atoms. The summed E-state index contributed by atoms with van der Waals surface area (Å²) in [7, 11) is 0. The number of benzene rings is 3. The number of aryl methyl sites for hydroxylation is 1. The van der Waals surface area contributed by atoms with Gasteiger partial charge in [-0.1, -0.05) is 57.2 Å². The third-order valence-corrected chi connectivity index (χ3v) is 6.41. The third-order valence-electron chi connectivity index (χ3n) is 6.41. The van der Waals surface area contributed by atoms with E-state index in [1.54, 1.807) is 13.8 Å². The SMILES string of the molecule is CCOCC(COc1c2ccccc2c(OCC(COCC)OC(=O)CC)c2cc(CC)ccc12)OC(=O)CC. The van der Waals surface area contributed by atoms with Gasteiger partial charge in [0.1, 0.15) is 24.7 Å². The van der Waals surface area contributed by atoms with Crippen LogP contribution >= 0.6 is 0 Å². The molecule has 3 aromatic carbocycles. The Hall–Kier alpha value is -3.36. The van der Waals surface area contributed by atoms with Crippen LogP contribution in [0.5, 0.6) is 11.5 Å². The molecule has 0 aliphatic heterocycles. The van der Waals surface area contributed by atoms with Gasteiger partial charge in [-0.15, -0.1) is 0 Å². The molecule has 0 aliphatic carbocycles. The van der Waals surface area contributed by atoms with Crippen molar-refractivity contribution >= 4 is 33.5 Å². The minimum absolute atomic E-state index is 0.143. The van der Waals surface area contributed by atoms with Crippen LogP contribution < -0.4 is 9.47 Å². The van der Waals surface area contributed by atoms with Crippen molar-refractivity contribution in [2.24, 2.45) is 0 Å². The second kappa shape index (κ2) is 16.0. The highest BCUT2D eigenvalue weighted by molar-refractivity contribution is 6.11. The zero-order chi connectivity index (χ0) is 28.9. The molecule has 0 saturated carbocycles. The first-order chi connectivity index (χ1) is 19.4. The van der Waals surface area contributed by atoms with Gasteiger partial charge in [0.15, 0.2) is 12.2 Å². The molecule has 218 valence electrons. The molecule has 2 unspecified atom stereocenters. The smallest absolute Gasteiger partial charge is 0.305 e. The van der Waals surface area contributed by atoms with Crippen molar-refractivity contribution in [1.29, 1.82) is 0 Å². The predicted molar refractivity (Wildman–Crippen MR) is 155 cm³/mol. The minimum atomic E-state index is -0.543. The predicted octanol–water partition coefficient (Wildman–Crippen LogP) is 6.03. The Labute approximate surface area is 236 Å². The highest BCUT2D eigenvalue weighted by atomic mass is 16.6. The topological polar surface area (TPSA) is 89.5 Å². The van der Waals surface area contributed by atoms with Gasteiger partial charge in [0.25, 0.3) is 0 Å². The molecule has 3 rings (SSSR count). The molecule has 2 atom stereocenters. The fourth-order valence-corrected chi connectivity index (χ4v) is 4.30. The van der Waals surface area contributed by atoms with Crippen LogP contribution in [0.3, 0.4) is 0 Å². The summed E-state index contributed by atoms with van der Waals surface area (Å²) < 4.78 is 35.1. The Morgan fingerprint density at radius 3 is 1.55 bits per heavy atom. The van der Waals surface area contributed by atoms with E-state index < -0.39 is 12.2 Å². The largest absolute Gasteiger partial charge is 0.488 e. The summed E-state index contributed by atoms with van der Waals surface area (Å²) in [4.78, 5) is 24.1. The van der Waals surface area contributed by atoms with Gasteiger partial charge in [0.05, 0.1) is 13.2 Å². The van der Waals surface area contributed by atoms with E-state index in [-0.39, 0.29) is 51.2 Å². The van der Waals surface area contributed by atoms with E-state index >= 15 is 0 Å². The van der Waals surface area contributed by atoms with Gasteiger partial charge in [-0.2, -0.15) is 0 Å². The first-order valence-electron chi connectivity index (χ1n) is 14.2. The van der Waals surface area contributed by atoms with E-state index in [1.807, 2.05) is 44.2 Å². The maximum atomic E-state index is 12.0. The average molecular weight is 555 g/mol. The molecular formula is C32H42O8. The number of carbonyl (C=O) groups is 2. The first kappa shape index (κ1) is 31.2. The van der Waals surface area contributed by atoms with E-state index in [9.17, 15) is 9.59 Å². The lowest BCUT2D eigenvalue weighted by Crippen LogP contribution is -2.30. The molecule has 0 spiro atoms. The molecule has 0 saturated heterocycles. The van der Waals surface area contributed by atoms with E-state index in [2.05, 4.69) is 19.1 Å². The summed E-state index contributed by atoms with van der Waals surface area (Å²) in [6.07, 6.45) is 0.318. The maximum Gasteiger partial charge on any atom is 0.305 e. The standard InChI is InChI=1S/C32H42O8/c1-6-22-15-16-27-28(17-22)32(38-21-24(19-36-10-5)40-30(34)8-3)26-14-12-11-13-25(26)31(27)37-20-23(18-35-9-4)39-29(33)7-2/h11-17,23-24H,6-10,18-21H2,1-5H3. The van der Waals surface area contributed by atoms with Crippen molar-refractivity contribution in [3.63, 3.8) is 0 Å². The monoisotopic (exact) mass is 554 g/mol. The Kier molecular flexibility index (Phi) is 12.5. The fraction of sp³-hybridized carbons (Fsp3) is 0.500. The quantitative estimate of drug-likeness (QED) is 0.148. The number of hydrogen-bond donors (Lipinski definition) is 0. The number of hydrogen-bond acceptors (Lipinski definition) is 8. The van der Waals surface area contributed by atoms with Gasteiger partial charge in [0.2, 0.25) is 0 Å². The van der Waals surface area contributed by atoms with Crippen LogP contribution in [0.25, 0.3) is 21.5 Å². The summed E-state index contributed by atoms with van der Waals surface area (Å²) in [6.45, 7) is 11.2. The van der Waals surface area contributed by atoms with Gasteiger partial charge in [-0.05, 0) is 31.9 Å². The van der Waals surface area contributed by atoms with E-state index in [0.29, 0.717) is 24.7 Å². The molecule has 40 heavy (non-hydrogen) atoms. The number of fused-ring (bicyclic) bond motifs is 2. The van der Waals surface area contributed by atoms with E-state index in [1.165, 1.54) is 0 Å².